The second-order valence-corrected chi connectivity index (χ2v) is 3.72. The van der Waals surface area contributed by atoms with Crippen LogP contribution in [0.3, 0.4) is 0 Å². The molecule has 0 radical (unpaired) electrons. The average molecular weight is 226 g/mol. The van der Waals surface area contributed by atoms with Gasteiger partial charge in [-0.1, -0.05) is 18.2 Å². The predicted molar refractivity (Wildman–Crippen MR) is 62.3 cm³/mol. The standard InChI is InChI=1S/C13H10N2O2/c16-13(10-5-6-14-8-15-10)12-7-9-3-1-2-4-11(9)17-12/h1-8,13,16H. The summed E-state index contributed by atoms with van der Waals surface area (Å²) < 4.78 is 5.57. The van der Waals surface area contributed by atoms with Gasteiger partial charge in [-0.05, 0) is 18.2 Å². The van der Waals surface area contributed by atoms with Gasteiger partial charge in [0.15, 0.2) is 6.10 Å². The number of hydrogen-bond donors (Lipinski definition) is 1. The third-order valence-electron chi connectivity index (χ3n) is 2.60. The molecule has 0 aliphatic heterocycles. The average Bonchev–Trinajstić information content (AvgIpc) is 2.82. The summed E-state index contributed by atoms with van der Waals surface area (Å²) in [6.07, 6.45) is 2.14. The molecule has 1 aromatic carbocycles. The van der Waals surface area contributed by atoms with E-state index in [1.165, 1.54) is 6.33 Å². The Hall–Kier alpha value is -2.20. The number of para-hydroxylation sites is 1. The molecule has 1 unspecified atom stereocenters. The van der Waals surface area contributed by atoms with Crippen molar-refractivity contribution in [3.05, 3.63) is 60.4 Å². The number of fused-ring (bicyclic) bond motifs is 1. The molecule has 3 aromatic rings. The molecule has 0 bridgehead atoms. The number of aliphatic hydroxyl groups is 1. The summed E-state index contributed by atoms with van der Waals surface area (Å²) in [5.74, 6) is 0.491. The molecule has 0 saturated carbocycles. The number of aromatic nitrogens is 2. The lowest BCUT2D eigenvalue weighted by atomic mass is 10.2. The van der Waals surface area contributed by atoms with Crippen molar-refractivity contribution < 1.29 is 9.52 Å². The molecule has 17 heavy (non-hydrogen) atoms. The maximum Gasteiger partial charge on any atom is 0.154 e. The molecular formula is C13H10N2O2. The fourth-order valence-electron chi connectivity index (χ4n) is 1.75. The van der Waals surface area contributed by atoms with Gasteiger partial charge in [0.25, 0.3) is 0 Å². The monoisotopic (exact) mass is 226 g/mol. The second-order valence-electron chi connectivity index (χ2n) is 3.72. The summed E-state index contributed by atoms with van der Waals surface area (Å²) in [7, 11) is 0. The van der Waals surface area contributed by atoms with Crippen molar-refractivity contribution in [2.45, 2.75) is 6.10 Å². The third kappa shape index (κ3) is 1.79. The van der Waals surface area contributed by atoms with Crippen LogP contribution >= 0.6 is 0 Å². The van der Waals surface area contributed by atoms with E-state index in [0.29, 0.717) is 11.5 Å². The van der Waals surface area contributed by atoms with Gasteiger partial charge >= 0.3 is 0 Å². The summed E-state index contributed by atoms with van der Waals surface area (Å²) in [4.78, 5) is 7.82. The fourth-order valence-corrected chi connectivity index (χ4v) is 1.75. The van der Waals surface area contributed by atoms with Gasteiger partial charge in [-0.2, -0.15) is 0 Å². The number of furan rings is 1. The third-order valence-corrected chi connectivity index (χ3v) is 2.60. The molecule has 0 aliphatic carbocycles. The Bertz CT molecular complexity index is 601. The zero-order valence-corrected chi connectivity index (χ0v) is 8.95. The highest BCUT2D eigenvalue weighted by Gasteiger charge is 2.16. The number of rotatable bonds is 2. The molecule has 2 aromatic heterocycles. The maximum absolute atomic E-state index is 10.1. The quantitative estimate of drug-likeness (QED) is 0.728. The van der Waals surface area contributed by atoms with E-state index in [4.69, 9.17) is 4.42 Å². The van der Waals surface area contributed by atoms with Crippen molar-refractivity contribution in [3.63, 3.8) is 0 Å². The SMILES string of the molecule is OC(c1ccncn1)c1cc2ccccc2o1. The second kappa shape index (κ2) is 3.99. The van der Waals surface area contributed by atoms with E-state index in [1.54, 1.807) is 12.3 Å². The van der Waals surface area contributed by atoms with Crippen molar-refractivity contribution in [1.29, 1.82) is 0 Å². The van der Waals surface area contributed by atoms with Gasteiger partial charge in [0.1, 0.15) is 17.7 Å². The molecule has 4 nitrogen and oxygen atoms in total. The first-order valence-electron chi connectivity index (χ1n) is 5.27. The highest BCUT2D eigenvalue weighted by Crippen LogP contribution is 2.26. The van der Waals surface area contributed by atoms with Crippen LogP contribution in [0.1, 0.15) is 17.6 Å². The van der Waals surface area contributed by atoms with E-state index in [0.717, 1.165) is 11.0 Å². The van der Waals surface area contributed by atoms with Crippen LogP contribution in [-0.4, -0.2) is 15.1 Å². The van der Waals surface area contributed by atoms with E-state index in [9.17, 15) is 5.11 Å². The van der Waals surface area contributed by atoms with Crippen molar-refractivity contribution in [2.75, 3.05) is 0 Å². The molecule has 1 atom stereocenters. The van der Waals surface area contributed by atoms with Crippen LogP contribution in [-0.2, 0) is 0 Å². The molecule has 0 amide bonds. The molecule has 0 fully saturated rings. The molecular weight excluding hydrogens is 216 g/mol. The highest BCUT2D eigenvalue weighted by atomic mass is 16.4. The summed E-state index contributed by atoms with van der Waals surface area (Å²) in [5, 5.41) is 11.1. The van der Waals surface area contributed by atoms with Gasteiger partial charge in [0.2, 0.25) is 0 Å². The van der Waals surface area contributed by atoms with Gasteiger partial charge in [0.05, 0.1) is 5.69 Å². The summed E-state index contributed by atoms with van der Waals surface area (Å²) >= 11 is 0. The maximum atomic E-state index is 10.1. The molecule has 3 rings (SSSR count). The zero-order chi connectivity index (χ0) is 11.7. The van der Waals surface area contributed by atoms with Crippen molar-refractivity contribution in [1.82, 2.24) is 9.97 Å². The molecule has 0 saturated heterocycles. The van der Waals surface area contributed by atoms with Gasteiger partial charge in [0, 0.05) is 11.6 Å². The molecule has 1 N–H and O–H groups in total. The Morgan fingerprint density at radius 1 is 1.18 bits per heavy atom. The Morgan fingerprint density at radius 2 is 2.06 bits per heavy atom. The lowest BCUT2D eigenvalue weighted by Crippen LogP contribution is -2.00. The summed E-state index contributed by atoms with van der Waals surface area (Å²) in [6.45, 7) is 0. The Balaban J connectivity index is 2.04. The first-order valence-corrected chi connectivity index (χ1v) is 5.27. The van der Waals surface area contributed by atoms with Crippen LogP contribution in [0.15, 0.2) is 53.3 Å². The van der Waals surface area contributed by atoms with E-state index >= 15 is 0 Å². The number of hydrogen-bond acceptors (Lipinski definition) is 4. The van der Waals surface area contributed by atoms with Crippen LogP contribution in [0.2, 0.25) is 0 Å². The lowest BCUT2D eigenvalue weighted by molar-refractivity contribution is 0.187. The van der Waals surface area contributed by atoms with E-state index in [1.807, 2.05) is 30.3 Å². The smallest absolute Gasteiger partial charge is 0.154 e. The minimum absolute atomic E-state index is 0.491. The van der Waals surface area contributed by atoms with Crippen LogP contribution in [0, 0.1) is 0 Å². The van der Waals surface area contributed by atoms with Gasteiger partial charge < -0.3 is 9.52 Å². The largest absolute Gasteiger partial charge is 0.458 e. The van der Waals surface area contributed by atoms with Crippen molar-refractivity contribution >= 4 is 11.0 Å². The summed E-state index contributed by atoms with van der Waals surface area (Å²) in [6, 6.07) is 11.1. The molecule has 0 spiro atoms. The first-order chi connectivity index (χ1) is 8.34. The minimum Gasteiger partial charge on any atom is -0.458 e. The molecule has 4 heteroatoms. The van der Waals surface area contributed by atoms with Crippen LogP contribution in [0.4, 0.5) is 0 Å². The first kappa shape index (κ1) is 9.99. The number of aliphatic hydroxyl groups excluding tert-OH is 1. The van der Waals surface area contributed by atoms with E-state index in [2.05, 4.69) is 9.97 Å². The highest BCUT2D eigenvalue weighted by molar-refractivity contribution is 5.77. The zero-order valence-electron chi connectivity index (χ0n) is 8.95. The van der Waals surface area contributed by atoms with Gasteiger partial charge in [-0.3, -0.25) is 0 Å². The van der Waals surface area contributed by atoms with Crippen LogP contribution < -0.4 is 0 Å². The fraction of sp³-hybridized carbons (Fsp3) is 0.0769. The van der Waals surface area contributed by atoms with Crippen LogP contribution in [0.25, 0.3) is 11.0 Å². The van der Waals surface area contributed by atoms with E-state index < -0.39 is 6.10 Å². The number of nitrogens with zero attached hydrogens (tertiary/aromatic N) is 2. The summed E-state index contributed by atoms with van der Waals surface area (Å²) in [5.41, 5.74) is 1.29. The van der Waals surface area contributed by atoms with Crippen molar-refractivity contribution in [2.24, 2.45) is 0 Å². The van der Waals surface area contributed by atoms with E-state index in [-0.39, 0.29) is 0 Å². The molecule has 0 aliphatic rings. The lowest BCUT2D eigenvalue weighted by Gasteiger charge is -2.05. The van der Waals surface area contributed by atoms with Crippen molar-refractivity contribution in [3.8, 4) is 0 Å². The topological polar surface area (TPSA) is 59.2 Å². The Morgan fingerprint density at radius 3 is 2.82 bits per heavy atom. The minimum atomic E-state index is -0.856. The van der Waals surface area contributed by atoms with Crippen LogP contribution in [0.5, 0.6) is 0 Å². The molecule has 84 valence electrons. The molecule has 2 heterocycles. The normalized spacial score (nSPS) is 12.8. The number of benzene rings is 1. The predicted octanol–water partition coefficient (Wildman–Crippen LogP) is 2.30. The Labute approximate surface area is 97.6 Å². The Kier molecular flexibility index (Phi) is 2.34. The van der Waals surface area contributed by atoms with Gasteiger partial charge in [-0.25, -0.2) is 9.97 Å². The van der Waals surface area contributed by atoms with Gasteiger partial charge in [-0.15, -0.1) is 0 Å².